The van der Waals surface area contributed by atoms with Crippen molar-refractivity contribution >= 4 is 16.9 Å². The van der Waals surface area contributed by atoms with Crippen LogP contribution in [0, 0.1) is 6.07 Å². The number of nitrogens with zero attached hydrogens (tertiary/aromatic N) is 1. The molecule has 0 atom stereocenters. The summed E-state index contributed by atoms with van der Waals surface area (Å²) in [5.74, 6) is -0.240. The number of hydrogen-bond donors (Lipinski definition) is 0. The molecule has 0 aliphatic heterocycles. The summed E-state index contributed by atoms with van der Waals surface area (Å²) < 4.78 is 6.46. The molecule has 0 spiro atoms. The Hall–Kier alpha value is -1.77. The number of fused-ring (bicyclic) bond motifs is 1. The topological polar surface area (TPSA) is 31.2 Å². The Labute approximate surface area is 81.9 Å². The second-order valence-corrected chi connectivity index (χ2v) is 3.00. The van der Waals surface area contributed by atoms with Crippen molar-refractivity contribution in [2.75, 3.05) is 7.11 Å². The van der Waals surface area contributed by atoms with Crippen LogP contribution in [0.25, 0.3) is 10.9 Å². The van der Waals surface area contributed by atoms with Crippen LogP contribution in [0.4, 0.5) is 0 Å². The number of carbonyl (C=O) groups excluding carboxylic acids is 1. The molecule has 0 bridgehead atoms. The Kier molecular flexibility index (Phi) is 2.23. The predicted molar refractivity (Wildman–Crippen MR) is 52.8 cm³/mol. The third-order valence-corrected chi connectivity index (χ3v) is 2.14. The smallest absolute Gasteiger partial charge is 0.325 e. The van der Waals surface area contributed by atoms with Crippen LogP contribution in [-0.2, 0) is 16.1 Å². The number of benzene rings is 1. The summed E-state index contributed by atoms with van der Waals surface area (Å²) in [7, 11) is 1.39. The van der Waals surface area contributed by atoms with Gasteiger partial charge in [0.05, 0.1) is 7.11 Å². The van der Waals surface area contributed by atoms with Crippen LogP contribution in [-0.4, -0.2) is 17.6 Å². The van der Waals surface area contributed by atoms with E-state index in [1.807, 2.05) is 35.0 Å². The zero-order valence-electron chi connectivity index (χ0n) is 7.86. The van der Waals surface area contributed by atoms with E-state index in [2.05, 4.69) is 10.8 Å². The largest absolute Gasteiger partial charge is 0.468 e. The zero-order valence-corrected chi connectivity index (χ0v) is 7.86. The number of ether oxygens (including phenoxy) is 1. The number of rotatable bonds is 2. The van der Waals surface area contributed by atoms with Gasteiger partial charge in [-0.15, -0.1) is 0 Å². The van der Waals surface area contributed by atoms with Crippen molar-refractivity contribution in [1.29, 1.82) is 0 Å². The summed E-state index contributed by atoms with van der Waals surface area (Å²) in [4.78, 5) is 11.1. The second kappa shape index (κ2) is 3.54. The molecule has 0 saturated heterocycles. The lowest BCUT2D eigenvalue weighted by molar-refractivity contribution is -0.141. The van der Waals surface area contributed by atoms with E-state index >= 15 is 0 Å². The lowest BCUT2D eigenvalue weighted by Crippen LogP contribution is -2.10. The molecule has 2 rings (SSSR count). The van der Waals surface area contributed by atoms with E-state index in [1.165, 1.54) is 7.11 Å². The molecule has 1 radical (unpaired) electrons. The maximum Gasteiger partial charge on any atom is 0.325 e. The fraction of sp³-hybridized carbons (Fsp3) is 0.182. The molecule has 0 aliphatic rings. The number of aromatic nitrogens is 1. The van der Waals surface area contributed by atoms with E-state index in [4.69, 9.17) is 0 Å². The summed E-state index contributed by atoms with van der Waals surface area (Å²) in [5.41, 5.74) is 1.02. The van der Waals surface area contributed by atoms with E-state index in [1.54, 1.807) is 0 Å². The van der Waals surface area contributed by atoms with E-state index in [-0.39, 0.29) is 12.5 Å². The number of methoxy groups -OCH3 is 1. The molecular weight excluding hydrogens is 178 g/mol. The quantitative estimate of drug-likeness (QED) is 0.670. The Bertz CT molecular complexity index is 459. The maximum atomic E-state index is 11.1. The van der Waals surface area contributed by atoms with E-state index < -0.39 is 0 Å². The van der Waals surface area contributed by atoms with Crippen molar-refractivity contribution in [3.8, 4) is 0 Å². The first-order valence-corrected chi connectivity index (χ1v) is 4.33. The van der Waals surface area contributed by atoms with Crippen molar-refractivity contribution in [2.45, 2.75) is 6.54 Å². The maximum absolute atomic E-state index is 11.1. The van der Waals surface area contributed by atoms with Gasteiger partial charge in [-0.3, -0.25) is 4.79 Å². The second-order valence-electron chi connectivity index (χ2n) is 3.00. The van der Waals surface area contributed by atoms with Crippen LogP contribution in [0.5, 0.6) is 0 Å². The summed E-state index contributed by atoms with van der Waals surface area (Å²) in [6, 6.07) is 10.6. The third-order valence-electron chi connectivity index (χ3n) is 2.14. The van der Waals surface area contributed by atoms with Crippen molar-refractivity contribution < 1.29 is 9.53 Å². The number of hydrogen-bond acceptors (Lipinski definition) is 2. The predicted octanol–water partition coefficient (Wildman–Crippen LogP) is 1.61. The molecule has 3 heteroatoms. The highest BCUT2D eigenvalue weighted by Crippen LogP contribution is 2.14. The molecular formula is C11H10NO2. The molecule has 14 heavy (non-hydrogen) atoms. The summed E-state index contributed by atoms with van der Waals surface area (Å²) >= 11 is 0. The molecule has 0 saturated carbocycles. The highest BCUT2D eigenvalue weighted by atomic mass is 16.5. The number of esters is 1. The van der Waals surface area contributed by atoms with E-state index in [9.17, 15) is 4.79 Å². The highest BCUT2D eigenvalue weighted by molar-refractivity contribution is 5.81. The molecule has 1 heterocycles. The van der Waals surface area contributed by atoms with Crippen LogP contribution >= 0.6 is 0 Å². The van der Waals surface area contributed by atoms with Gasteiger partial charge >= 0.3 is 5.97 Å². The molecule has 2 aromatic rings. The minimum absolute atomic E-state index is 0.240. The Morgan fingerprint density at radius 1 is 1.57 bits per heavy atom. The first-order chi connectivity index (χ1) is 6.81. The monoisotopic (exact) mass is 188 g/mol. The van der Waals surface area contributed by atoms with Crippen molar-refractivity contribution in [2.24, 2.45) is 0 Å². The third kappa shape index (κ3) is 1.48. The van der Waals surface area contributed by atoms with Gasteiger partial charge < -0.3 is 9.30 Å². The molecule has 0 N–H and O–H groups in total. The highest BCUT2D eigenvalue weighted by Gasteiger charge is 2.04. The van der Waals surface area contributed by atoms with Crippen LogP contribution < -0.4 is 0 Å². The molecule has 0 aliphatic carbocycles. The van der Waals surface area contributed by atoms with Crippen LogP contribution in [0.15, 0.2) is 30.5 Å². The van der Waals surface area contributed by atoms with Gasteiger partial charge in [0.2, 0.25) is 0 Å². The van der Waals surface area contributed by atoms with Crippen molar-refractivity contribution in [3.63, 3.8) is 0 Å². The fourth-order valence-electron chi connectivity index (χ4n) is 1.42. The first kappa shape index (κ1) is 8.81. The van der Waals surface area contributed by atoms with Crippen molar-refractivity contribution in [3.05, 3.63) is 36.5 Å². The molecule has 0 unspecified atom stereocenters. The van der Waals surface area contributed by atoms with Crippen molar-refractivity contribution in [1.82, 2.24) is 4.57 Å². The van der Waals surface area contributed by atoms with Gasteiger partial charge in [0.1, 0.15) is 6.54 Å². The first-order valence-electron chi connectivity index (χ1n) is 4.33. The molecule has 3 nitrogen and oxygen atoms in total. The SMILES string of the molecule is COC(=O)Cn1ccc2c[c]ccc21. The minimum Gasteiger partial charge on any atom is -0.468 e. The molecule has 1 aromatic heterocycles. The Balaban J connectivity index is 2.38. The minimum atomic E-state index is -0.240. The van der Waals surface area contributed by atoms with Gasteiger partial charge in [0.25, 0.3) is 0 Å². The summed E-state index contributed by atoms with van der Waals surface area (Å²) in [6.45, 7) is 0.254. The van der Waals surface area contributed by atoms with Crippen LogP contribution in [0.2, 0.25) is 0 Å². The van der Waals surface area contributed by atoms with Gasteiger partial charge in [-0.2, -0.15) is 0 Å². The lowest BCUT2D eigenvalue weighted by atomic mass is 10.2. The van der Waals surface area contributed by atoms with E-state index in [0.717, 1.165) is 10.9 Å². The summed E-state index contributed by atoms with van der Waals surface area (Å²) in [5, 5.41) is 1.08. The number of carbonyl (C=O) groups is 1. The standard InChI is InChI=1S/C11H10NO2/c1-14-11(13)8-12-7-6-9-4-2-3-5-10(9)12/h3-7H,8H2,1H3. The average Bonchev–Trinajstić information content (AvgIpc) is 2.62. The molecule has 1 aromatic carbocycles. The van der Waals surface area contributed by atoms with Gasteiger partial charge in [0, 0.05) is 17.1 Å². The Morgan fingerprint density at radius 2 is 2.43 bits per heavy atom. The molecule has 0 amide bonds. The molecule has 0 fully saturated rings. The van der Waals surface area contributed by atoms with Crippen LogP contribution in [0.3, 0.4) is 0 Å². The normalized spacial score (nSPS) is 10.4. The van der Waals surface area contributed by atoms with Gasteiger partial charge in [0.15, 0.2) is 0 Å². The van der Waals surface area contributed by atoms with Gasteiger partial charge in [-0.1, -0.05) is 6.07 Å². The Morgan fingerprint density at radius 3 is 3.21 bits per heavy atom. The fourth-order valence-corrected chi connectivity index (χ4v) is 1.42. The van der Waals surface area contributed by atoms with Crippen LogP contribution in [0.1, 0.15) is 0 Å². The zero-order chi connectivity index (χ0) is 9.97. The van der Waals surface area contributed by atoms with Gasteiger partial charge in [-0.05, 0) is 24.3 Å². The molecule has 71 valence electrons. The van der Waals surface area contributed by atoms with Gasteiger partial charge in [-0.25, -0.2) is 0 Å². The average molecular weight is 188 g/mol. The van der Waals surface area contributed by atoms with E-state index in [0.29, 0.717) is 0 Å². The lowest BCUT2D eigenvalue weighted by Gasteiger charge is -2.02. The summed E-state index contributed by atoms with van der Waals surface area (Å²) in [6.07, 6.45) is 1.87.